The number of nitrogens with one attached hydrogen (secondary N) is 1. The van der Waals surface area contributed by atoms with Crippen LogP contribution in [0, 0.1) is 5.92 Å². The van der Waals surface area contributed by atoms with Gasteiger partial charge in [-0.15, -0.1) is 0 Å². The average molecular weight is 413 g/mol. The van der Waals surface area contributed by atoms with E-state index >= 15 is 0 Å². The Morgan fingerprint density at radius 3 is 2.79 bits per heavy atom. The van der Waals surface area contributed by atoms with Gasteiger partial charge in [0.25, 0.3) is 5.91 Å². The molecule has 8 heteroatoms. The van der Waals surface area contributed by atoms with Crippen LogP contribution in [0.1, 0.15) is 29.0 Å². The maximum absolute atomic E-state index is 12.8. The van der Waals surface area contributed by atoms with Gasteiger partial charge in [0, 0.05) is 29.7 Å². The van der Waals surface area contributed by atoms with E-state index in [1.165, 1.54) is 0 Å². The van der Waals surface area contributed by atoms with E-state index in [1.54, 1.807) is 52.4 Å². The first-order valence-corrected chi connectivity index (χ1v) is 9.88. The van der Waals surface area contributed by atoms with Gasteiger partial charge in [-0.2, -0.15) is 5.10 Å². The molecule has 3 heterocycles. The smallest absolute Gasteiger partial charge is 0.253 e. The number of halogens is 1. The van der Waals surface area contributed by atoms with Gasteiger partial charge >= 0.3 is 0 Å². The summed E-state index contributed by atoms with van der Waals surface area (Å²) in [7, 11) is 0. The third-order valence-electron chi connectivity index (χ3n) is 5.02. The Kier molecular flexibility index (Phi) is 5.67. The summed E-state index contributed by atoms with van der Waals surface area (Å²) in [5.41, 5.74) is 0.576. The quantitative estimate of drug-likeness (QED) is 0.693. The Hall–Kier alpha value is -3.06. The lowest BCUT2D eigenvalue weighted by molar-refractivity contribution is -0.121. The number of hydrogen-bond acceptors (Lipinski definition) is 4. The second kappa shape index (κ2) is 8.53. The SMILES string of the molecule is O=C(Nc1ccnn1Cc1ccco1)[C@@H]1CCCN(C(=O)c2ccc(Cl)cc2)C1. The molecule has 1 fully saturated rings. The molecule has 0 radical (unpaired) electrons. The summed E-state index contributed by atoms with van der Waals surface area (Å²) in [6.45, 7) is 1.46. The van der Waals surface area contributed by atoms with E-state index in [-0.39, 0.29) is 17.7 Å². The number of amides is 2. The molecule has 0 bridgehead atoms. The molecule has 3 aromatic rings. The van der Waals surface area contributed by atoms with E-state index in [0.717, 1.165) is 18.6 Å². The number of piperidine rings is 1. The van der Waals surface area contributed by atoms with Crippen LogP contribution in [0.15, 0.2) is 59.3 Å². The lowest BCUT2D eigenvalue weighted by Gasteiger charge is -2.32. The molecule has 0 aliphatic carbocycles. The van der Waals surface area contributed by atoms with Gasteiger partial charge in [0.2, 0.25) is 5.91 Å². The number of anilines is 1. The van der Waals surface area contributed by atoms with Crippen molar-refractivity contribution >= 4 is 29.2 Å². The molecule has 7 nitrogen and oxygen atoms in total. The maximum Gasteiger partial charge on any atom is 0.253 e. The number of hydrogen-bond donors (Lipinski definition) is 1. The largest absolute Gasteiger partial charge is 0.467 e. The molecule has 1 aliphatic rings. The van der Waals surface area contributed by atoms with Crippen molar-refractivity contribution in [3.63, 3.8) is 0 Å². The van der Waals surface area contributed by atoms with E-state index in [9.17, 15) is 9.59 Å². The number of aromatic nitrogens is 2. The van der Waals surface area contributed by atoms with E-state index in [0.29, 0.717) is 36.0 Å². The minimum atomic E-state index is -0.271. The Balaban J connectivity index is 1.40. The lowest BCUT2D eigenvalue weighted by Crippen LogP contribution is -2.43. The zero-order valence-corrected chi connectivity index (χ0v) is 16.5. The van der Waals surface area contributed by atoms with Gasteiger partial charge in [0.1, 0.15) is 18.1 Å². The van der Waals surface area contributed by atoms with Crippen LogP contribution in [0.2, 0.25) is 5.02 Å². The predicted molar refractivity (Wildman–Crippen MR) is 109 cm³/mol. The fourth-order valence-electron chi connectivity index (χ4n) is 3.49. The number of benzene rings is 1. The molecular weight excluding hydrogens is 392 g/mol. The molecule has 4 rings (SSSR count). The number of furan rings is 1. The van der Waals surface area contributed by atoms with Gasteiger partial charge in [-0.25, -0.2) is 4.68 Å². The molecule has 29 heavy (non-hydrogen) atoms. The highest BCUT2D eigenvalue weighted by molar-refractivity contribution is 6.30. The van der Waals surface area contributed by atoms with Crippen LogP contribution in [0.25, 0.3) is 0 Å². The summed E-state index contributed by atoms with van der Waals surface area (Å²) >= 11 is 5.90. The van der Waals surface area contributed by atoms with Crippen LogP contribution in [-0.2, 0) is 11.3 Å². The topological polar surface area (TPSA) is 80.4 Å². The van der Waals surface area contributed by atoms with Crippen molar-refractivity contribution in [2.24, 2.45) is 5.92 Å². The molecule has 1 aromatic carbocycles. The van der Waals surface area contributed by atoms with Gasteiger partial charge < -0.3 is 14.6 Å². The molecule has 1 saturated heterocycles. The summed E-state index contributed by atoms with van der Waals surface area (Å²) in [4.78, 5) is 27.3. The maximum atomic E-state index is 12.8. The summed E-state index contributed by atoms with van der Waals surface area (Å²) in [6, 6.07) is 12.2. The molecule has 2 amide bonds. The number of nitrogens with zero attached hydrogens (tertiary/aromatic N) is 3. The van der Waals surface area contributed by atoms with E-state index < -0.39 is 0 Å². The fourth-order valence-corrected chi connectivity index (χ4v) is 3.62. The summed E-state index contributed by atoms with van der Waals surface area (Å²) in [5, 5.41) is 7.78. The molecule has 150 valence electrons. The average Bonchev–Trinajstić information content (AvgIpc) is 3.41. The molecule has 0 spiro atoms. The molecule has 0 saturated carbocycles. The van der Waals surface area contributed by atoms with Crippen LogP contribution >= 0.6 is 11.6 Å². The van der Waals surface area contributed by atoms with Crippen molar-refractivity contribution in [1.82, 2.24) is 14.7 Å². The van der Waals surface area contributed by atoms with Gasteiger partial charge in [-0.1, -0.05) is 11.6 Å². The zero-order valence-electron chi connectivity index (χ0n) is 15.8. The molecular formula is C21H21ClN4O3. The highest BCUT2D eigenvalue weighted by Gasteiger charge is 2.29. The number of likely N-dealkylation sites (tertiary alicyclic amines) is 1. The zero-order chi connectivity index (χ0) is 20.2. The first-order valence-electron chi connectivity index (χ1n) is 9.50. The summed E-state index contributed by atoms with van der Waals surface area (Å²) < 4.78 is 7.02. The van der Waals surface area contributed by atoms with Crippen molar-refractivity contribution in [3.05, 3.63) is 71.3 Å². The van der Waals surface area contributed by atoms with Crippen LogP contribution in [-0.4, -0.2) is 39.6 Å². The van der Waals surface area contributed by atoms with Gasteiger partial charge in [0.05, 0.1) is 18.4 Å². The third kappa shape index (κ3) is 4.51. The lowest BCUT2D eigenvalue weighted by atomic mass is 9.96. The van der Waals surface area contributed by atoms with E-state index in [2.05, 4.69) is 10.4 Å². The fraction of sp³-hybridized carbons (Fsp3) is 0.286. The van der Waals surface area contributed by atoms with Gasteiger partial charge in [0.15, 0.2) is 0 Å². The normalized spacial score (nSPS) is 16.6. The van der Waals surface area contributed by atoms with Crippen LogP contribution < -0.4 is 5.32 Å². The number of carbonyl (C=O) groups excluding carboxylic acids is 2. The van der Waals surface area contributed by atoms with Crippen molar-refractivity contribution in [3.8, 4) is 0 Å². The Morgan fingerprint density at radius 1 is 1.21 bits per heavy atom. The number of carbonyl (C=O) groups is 2. The molecule has 2 aromatic heterocycles. The summed E-state index contributed by atoms with van der Waals surface area (Å²) in [5.74, 6) is 0.892. The van der Waals surface area contributed by atoms with E-state index in [4.69, 9.17) is 16.0 Å². The van der Waals surface area contributed by atoms with Crippen LogP contribution in [0.5, 0.6) is 0 Å². The Morgan fingerprint density at radius 2 is 2.03 bits per heavy atom. The molecule has 1 aliphatic heterocycles. The minimum Gasteiger partial charge on any atom is -0.467 e. The second-order valence-corrected chi connectivity index (χ2v) is 7.48. The van der Waals surface area contributed by atoms with Crippen molar-refractivity contribution in [2.75, 3.05) is 18.4 Å². The van der Waals surface area contributed by atoms with Gasteiger partial charge in [-0.05, 0) is 49.2 Å². The van der Waals surface area contributed by atoms with Crippen LogP contribution in [0.3, 0.4) is 0 Å². The molecule has 1 N–H and O–H groups in total. The number of rotatable bonds is 5. The Bertz CT molecular complexity index is 982. The molecule has 1 atom stereocenters. The second-order valence-electron chi connectivity index (χ2n) is 7.04. The first-order chi connectivity index (χ1) is 14.1. The first kappa shape index (κ1) is 19.3. The van der Waals surface area contributed by atoms with Crippen molar-refractivity contribution < 1.29 is 14.0 Å². The predicted octanol–water partition coefficient (Wildman–Crippen LogP) is 3.67. The highest BCUT2D eigenvalue weighted by atomic mass is 35.5. The monoisotopic (exact) mass is 412 g/mol. The highest BCUT2D eigenvalue weighted by Crippen LogP contribution is 2.21. The van der Waals surface area contributed by atoms with Crippen LogP contribution in [0.4, 0.5) is 5.82 Å². The van der Waals surface area contributed by atoms with Gasteiger partial charge in [-0.3, -0.25) is 9.59 Å². The minimum absolute atomic E-state index is 0.0815. The van der Waals surface area contributed by atoms with Crippen molar-refractivity contribution in [2.45, 2.75) is 19.4 Å². The third-order valence-corrected chi connectivity index (χ3v) is 5.28. The standard InChI is InChI=1S/C21H21ClN4O3/c22-17-7-5-15(6-8-17)21(28)25-11-1-3-16(13-25)20(27)24-19-9-10-23-26(19)14-18-4-2-12-29-18/h2,4-10,12,16H,1,3,11,13-14H2,(H,24,27)/t16-/m1/s1. The molecule has 0 unspecified atom stereocenters. The summed E-state index contributed by atoms with van der Waals surface area (Å²) in [6.07, 6.45) is 4.76. The van der Waals surface area contributed by atoms with E-state index in [1.807, 2.05) is 12.1 Å². The van der Waals surface area contributed by atoms with Crippen molar-refractivity contribution in [1.29, 1.82) is 0 Å². The Labute approximate surface area is 173 Å².